The molecule has 1 heterocycles. The highest BCUT2D eigenvalue weighted by atomic mass is 17.0. The van der Waals surface area contributed by atoms with E-state index < -0.39 is 22.6 Å². The van der Waals surface area contributed by atoms with E-state index in [1.165, 1.54) is 12.8 Å². The first kappa shape index (κ1) is 21.4. The molecule has 0 aliphatic carbocycles. The maximum absolute atomic E-state index is 11.7. The third-order valence-electron chi connectivity index (χ3n) is 4.37. The summed E-state index contributed by atoms with van der Waals surface area (Å²) >= 11 is 0. The van der Waals surface area contributed by atoms with Gasteiger partial charge in [0, 0.05) is 6.42 Å². The maximum atomic E-state index is 11.7. The standard InChI is InChI=1S/C18H29NO6/c20-15-11-9-7-5-3-1-2-4-6-8-10-12-18(23)25-19(24)16(21)13-14-17(19)22/h24H,1-14H2/q+1. The van der Waals surface area contributed by atoms with Crippen molar-refractivity contribution in [2.24, 2.45) is 0 Å². The molecule has 0 aromatic heterocycles. The lowest BCUT2D eigenvalue weighted by atomic mass is 10.1. The van der Waals surface area contributed by atoms with Crippen LogP contribution < -0.4 is 0 Å². The van der Waals surface area contributed by atoms with Crippen LogP contribution in [0.25, 0.3) is 0 Å². The summed E-state index contributed by atoms with van der Waals surface area (Å²) in [5.41, 5.74) is 0. The van der Waals surface area contributed by atoms with Gasteiger partial charge in [0.2, 0.25) is 0 Å². The molecule has 141 valence electrons. The summed E-state index contributed by atoms with van der Waals surface area (Å²) in [4.78, 5) is 47.4. The van der Waals surface area contributed by atoms with Crippen LogP contribution in [-0.2, 0) is 24.0 Å². The normalized spacial score (nSPS) is 16.2. The van der Waals surface area contributed by atoms with Crippen LogP contribution in [0.1, 0.15) is 89.9 Å². The number of hydrogen-bond donors (Lipinski definition) is 1. The summed E-state index contributed by atoms with van der Waals surface area (Å²) < 4.78 is 0. The van der Waals surface area contributed by atoms with Gasteiger partial charge >= 0.3 is 17.8 Å². The minimum atomic E-state index is -1.82. The number of carbonyl (C=O) groups excluding carboxylic acids is 4. The molecule has 0 aromatic rings. The molecule has 2 amide bonds. The van der Waals surface area contributed by atoms with Crippen molar-refractivity contribution in [1.82, 2.24) is 0 Å². The van der Waals surface area contributed by atoms with Gasteiger partial charge in [-0.25, -0.2) is 19.2 Å². The fraction of sp³-hybridized carbons (Fsp3) is 0.778. The molecule has 7 nitrogen and oxygen atoms in total. The first-order valence-electron chi connectivity index (χ1n) is 9.26. The Morgan fingerprint density at radius 3 is 1.80 bits per heavy atom. The first-order valence-corrected chi connectivity index (χ1v) is 9.26. The Bertz CT molecular complexity index is 446. The molecule has 1 aliphatic heterocycles. The minimum absolute atomic E-state index is 0.0921. The van der Waals surface area contributed by atoms with Gasteiger partial charge < -0.3 is 0 Å². The quantitative estimate of drug-likeness (QED) is 0.222. The van der Waals surface area contributed by atoms with Crippen molar-refractivity contribution in [2.75, 3.05) is 0 Å². The summed E-state index contributed by atoms with van der Waals surface area (Å²) in [5.74, 6) is -2.30. The van der Waals surface area contributed by atoms with E-state index in [-0.39, 0.29) is 19.3 Å². The predicted octanol–water partition coefficient (Wildman–Crippen LogP) is 3.29. The summed E-state index contributed by atoms with van der Waals surface area (Å²) in [7, 11) is 0. The summed E-state index contributed by atoms with van der Waals surface area (Å²) in [6, 6.07) is 0. The van der Waals surface area contributed by atoms with Gasteiger partial charge in [-0.15, -0.1) is 0 Å². The molecule has 1 rings (SSSR count). The van der Waals surface area contributed by atoms with E-state index in [1.807, 2.05) is 6.29 Å². The third kappa shape index (κ3) is 7.88. The molecule has 25 heavy (non-hydrogen) atoms. The van der Waals surface area contributed by atoms with Crippen molar-refractivity contribution >= 4 is 24.1 Å². The molecular weight excluding hydrogens is 326 g/mol. The molecule has 1 radical (unpaired) electrons. The second-order valence-electron chi connectivity index (χ2n) is 6.51. The molecule has 0 spiro atoms. The van der Waals surface area contributed by atoms with Gasteiger partial charge in [0.15, 0.2) is 6.29 Å². The molecule has 0 atom stereocenters. The van der Waals surface area contributed by atoms with Crippen molar-refractivity contribution in [3.8, 4) is 0 Å². The summed E-state index contributed by atoms with van der Waals surface area (Å²) in [6.45, 7) is 0. The summed E-state index contributed by atoms with van der Waals surface area (Å²) in [6.07, 6.45) is 12.7. The number of hydrogen-bond acceptors (Lipinski definition) is 6. The Morgan fingerprint density at radius 1 is 0.880 bits per heavy atom. The Balaban J connectivity index is 1.96. The zero-order valence-electron chi connectivity index (χ0n) is 14.8. The van der Waals surface area contributed by atoms with E-state index in [2.05, 4.69) is 4.84 Å². The number of carbonyl (C=O) groups is 3. The van der Waals surface area contributed by atoms with E-state index in [0.29, 0.717) is 12.8 Å². The highest BCUT2D eigenvalue weighted by Gasteiger charge is 2.55. The fourth-order valence-electron chi connectivity index (χ4n) is 2.83. The lowest BCUT2D eigenvalue weighted by Gasteiger charge is -2.15. The Hall–Kier alpha value is -1.60. The van der Waals surface area contributed by atoms with Crippen molar-refractivity contribution in [3.63, 3.8) is 0 Å². The van der Waals surface area contributed by atoms with Crippen molar-refractivity contribution in [3.05, 3.63) is 0 Å². The average molecular weight is 355 g/mol. The lowest BCUT2D eigenvalue weighted by molar-refractivity contribution is -1.12. The van der Waals surface area contributed by atoms with Gasteiger partial charge in [0.25, 0.3) is 0 Å². The van der Waals surface area contributed by atoms with Crippen molar-refractivity contribution in [2.45, 2.75) is 89.9 Å². The van der Waals surface area contributed by atoms with Gasteiger partial charge in [-0.2, -0.15) is 5.21 Å². The Morgan fingerprint density at radius 2 is 1.32 bits per heavy atom. The molecule has 0 bridgehead atoms. The SMILES string of the molecule is O=[C]CCCCCCCCCCCCC(=O)O[N+]1(O)C(=O)CCC1=O. The van der Waals surface area contributed by atoms with E-state index in [9.17, 15) is 24.4 Å². The van der Waals surface area contributed by atoms with Gasteiger partial charge in [-0.1, -0.05) is 51.4 Å². The number of nitrogens with zero attached hydrogens (tertiary/aromatic N) is 1. The highest BCUT2D eigenvalue weighted by Crippen LogP contribution is 2.21. The molecule has 0 unspecified atom stereocenters. The number of quaternary nitrogens is 1. The van der Waals surface area contributed by atoms with E-state index in [1.54, 1.807) is 0 Å². The molecule has 1 N–H and O–H groups in total. The fourth-order valence-corrected chi connectivity index (χ4v) is 2.83. The van der Waals surface area contributed by atoms with Gasteiger partial charge in [-0.3, -0.25) is 4.79 Å². The van der Waals surface area contributed by atoms with Crippen LogP contribution in [0.3, 0.4) is 0 Å². The number of imide groups is 1. The van der Waals surface area contributed by atoms with Gasteiger partial charge in [0.05, 0.1) is 19.3 Å². The predicted molar refractivity (Wildman–Crippen MR) is 88.5 cm³/mol. The zero-order valence-corrected chi connectivity index (χ0v) is 14.8. The molecule has 1 aliphatic rings. The van der Waals surface area contributed by atoms with Crippen LogP contribution >= 0.6 is 0 Å². The second-order valence-corrected chi connectivity index (χ2v) is 6.51. The molecule has 1 fully saturated rings. The number of hydroxylamine groups is 4. The molecular formula is C18H29NO6+. The van der Waals surface area contributed by atoms with E-state index in [4.69, 9.17) is 0 Å². The van der Waals surface area contributed by atoms with Gasteiger partial charge in [-0.05, 0) is 12.8 Å². The van der Waals surface area contributed by atoms with Crippen LogP contribution in [0, 0.1) is 0 Å². The molecule has 1 saturated heterocycles. The molecule has 7 heteroatoms. The Kier molecular flexibility index (Phi) is 10.2. The topological polar surface area (TPSA) is 97.7 Å². The second kappa shape index (κ2) is 11.9. The van der Waals surface area contributed by atoms with E-state index in [0.717, 1.165) is 44.9 Å². The summed E-state index contributed by atoms with van der Waals surface area (Å²) in [5, 5.41) is 9.77. The lowest BCUT2D eigenvalue weighted by Crippen LogP contribution is -2.50. The highest BCUT2D eigenvalue weighted by molar-refractivity contribution is 5.91. The smallest absolute Gasteiger partial charge is 0.291 e. The average Bonchev–Trinajstić information content (AvgIpc) is 2.83. The molecule has 0 aromatic carbocycles. The van der Waals surface area contributed by atoms with Crippen LogP contribution in [0.5, 0.6) is 0 Å². The first-order chi connectivity index (χ1) is 12.0. The zero-order chi connectivity index (χ0) is 18.5. The van der Waals surface area contributed by atoms with Crippen LogP contribution in [0.4, 0.5) is 0 Å². The third-order valence-corrected chi connectivity index (χ3v) is 4.37. The van der Waals surface area contributed by atoms with Crippen molar-refractivity contribution in [1.29, 1.82) is 0 Å². The van der Waals surface area contributed by atoms with Crippen LogP contribution in [-0.4, -0.2) is 34.1 Å². The van der Waals surface area contributed by atoms with Crippen LogP contribution in [0.15, 0.2) is 0 Å². The number of amides is 2. The Labute approximate surface area is 148 Å². The van der Waals surface area contributed by atoms with E-state index >= 15 is 0 Å². The van der Waals surface area contributed by atoms with Crippen molar-refractivity contribution < 1.29 is 34.0 Å². The molecule has 0 saturated carbocycles. The number of unbranched alkanes of at least 4 members (excludes halogenated alkanes) is 10. The maximum Gasteiger partial charge on any atom is 0.397 e. The number of rotatable bonds is 14. The monoisotopic (exact) mass is 355 g/mol. The largest absolute Gasteiger partial charge is 0.397 e. The van der Waals surface area contributed by atoms with Crippen LogP contribution in [0.2, 0.25) is 0 Å². The minimum Gasteiger partial charge on any atom is -0.291 e. The van der Waals surface area contributed by atoms with Gasteiger partial charge in [0.1, 0.15) is 4.81 Å².